The Kier molecular flexibility index (Phi) is 6.51. The van der Waals surface area contributed by atoms with Gasteiger partial charge in [-0.2, -0.15) is 0 Å². The van der Waals surface area contributed by atoms with Crippen LogP contribution in [-0.4, -0.2) is 30.1 Å². The number of hydrogen-bond donors (Lipinski definition) is 2. The van der Waals surface area contributed by atoms with E-state index in [0.29, 0.717) is 25.1 Å². The Bertz CT molecular complexity index is 685. The van der Waals surface area contributed by atoms with Crippen molar-refractivity contribution in [3.63, 3.8) is 0 Å². The molecule has 0 bridgehead atoms. The predicted octanol–water partition coefficient (Wildman–Crippen LogP) is 3.28. The molecule has 0 saturated carbocycles. The number of aromatic carboxylic acids is 1. The molecule has 5 nitrogen and oxygen atoms in total. The number of amides is 1. The van der Waals surface area contributed by atoms with Crippen LogP contribution < -0.4 is 5.32 Å². The molecule has 1 unspecified atom stereocenters. The number of carboxylic acid groups (broad SMARTS) is 1. The lowest BCUT2D eigenvalue weighted by Crippen LogP contribution is -2.25. The van der Waals surface area contributed by atoms with E-state index < -0.39 is 5.97 Å². The van der Waals surface area contributed by atoms with Gasteiger partial charge in [-0.15, -0.1) is 0 Å². The van der Waals surface area contributed by atoms with Crippen molar-refractivity contribution in [2.45, 2.75) is 19.4 Å². The summed E-state index contributed by atoms with van der Waals surface area (Å²) in [5.74, 6) is -1.33. The predicted molar refractivity (Wildman–Crippen MR) is 91.2 cm³/mol. The van der Waals surface area contributed by atoms with Crippen molar-refractivity contribution >= 4 is 11.9 Å². The van der Waals surface area contributed by atoms with Gasteiger partial charge in [0.25, 0.3) is 5.91 Å². The zero-order valence-electron chi connectivity index (χ0n) is 13.6. The van der Waals surface area contributed by atoms with Gasteiger partial charge < -0.3 is 15.2 Å². The van der Waals surface area contributed by atoms with Crippen LogP contribution in [0.2, 0.25) is 0 Å². The van der Waals surface area contributed by atoms with Crippen molar-refractivity contribution in [2.75, 3.05) is 13.2 Å². The molecule has 5 heteroatoms. The van der Waals surface area contributed by atoms with Crippen molar-refractivity contribution in [1.82, 2.24) is 5.32 Å². The minimum absolute atomic E-state index is 0.00847. The average Bonchev–Trinajstić information content (AvgIpc) is 2.62. The van der Waals surface area contributed by atoms with E-state index in [2.05, 4.69) is 5.32 Å². The average molecular weight is 327 g/mol. The molecule has 2 N–H and O–H groups in total. The van der Waals surface area contributed by atoms with Gasteiger partial charge in [0.1, 0.15) is 0 Å². The fourth-order valence-corrected chi connectivity index (χ4v) is 2.25. The van der Waals surface area contributed by atoms with Gasteiger partial charge in [-0.05, 0) is 37.1 Å². The quantitative estimate of drug-likeness (QED) is 0.730. The first-order valence-electron chi connectivity index (χ1n) is 7.86. The fourth-order valence-electron chi connectivity index (χ4n) is 2.25. The summed E-state index contributed by atoms with van der Waals surface area (Å²) in [6, 6.07) is 15.9. The summed E-state index contributed by atoms with van der Waals surface area (Å²) < 4.78 is 5.74. The van der Waals surface area contributed by atoms with E-state index in [-0.39, 0.29) is 17.6 Å². The molecule has 0 aliphatic heterocycles. The topological polar surface area (TPSA) is 75.6 Å². The van der Waals surface area contributed by atoms with Crippen LogP contribution in [0.15, 0.2) is 54.6 Å². The SMILES string of the molecule is CC(OCCCNC(=O)c1cccc(C(=O)O)c1)c1ccccc1. The third kappa shape index (κ3) is 5.21. The van der Waals surface area contributed by atoms with Crippen LogP contribution in [0.4, 0.5) is 0 Å². The highest BCUT2D eigenvalue weighted by Gasteiger charge is 2.09. The van der Waals surface area contributed by atoms with Gasteiger partial charge in [-0.1, -0.05) is 36.4 Å². The van der Waals surface area contributed by atoms with Crippen molar-refractivity contribution < 1.29 is 19.4 Å². The maximum atomic E-state index is 12.0. The molecule has 2 rings (SSSR count). The van der Waals surface area contributed by atoms with Crippen LogP contribution in [0.25, 0.3) is 0 Å². The number of ether oxygens (including phenoxy) is 1. The Balaban J connectivity index is 1.71. The van der Waals surface area contributed by atoms with Gasteiger partial charge in [0, 0.05) is 18.7 Å². The second-order valence-corrected chi connectivity index (χ2v) is 5.42. The molecule has 0 aliphatic rings. The highest BCUT2D eigenvalue weighted by Crippen LogP contribution is 2.15. The summed E-state index contributed by atoms with van der Waals surface area (Å²) >= 11 is 0. The van der Waals surface area contributed by atoms with Crippen LogP contribution in [-0.2, 0) is 4.74 Å². The molecular weight excluding hydrogens is 306 g/mol. The van der Waals surface area contributed by atoms with Crippen molar-refractivity contribution in [1.29, 1.82) is 0 Å². The molecule has 0 aliphatic carbocycles. The third-order valence-electron chi connectivity index (χ3n) is 3.62. The van der Waals surface area contributed by atoms with Crippen molar-refractivity contribution in [3.05, 3.63) is 71.3 Å². The van der Waals surface area contributed by atoms with Crippen molar-refractivity contribution in [2.24, 2.45) is 0 Å². The maximum absolute atomic E-state index is 12.0. The molecule has 126 valence electrons. The second kappa shape index (κ2) is 8.84. The summed E-state index contributed by atoms with van der Waals surface area (Å²) in [4.78, 5) is 22.9. The number of carbonyl (C=O) groups excluding carboxylic acids is 1. The van der Waals surface area contributed by atoms with E-state index in [9.17, 15) is 9.59 Å². The number of carbonyl (C=O) groups is 2. The molecular formula is C19H21NO4. The number of benzene rings is 2. The van der Waals surface area contributed by atoms with Gasteiger partial charge in [0.05, 0.1) is 11.7 Å². The summed E-state index contributed by atoms with van der Waals surface area (Å²) in [6.07, 6.45) is 0.691. The first kappa shape index (κ1) is 17.7. The zero-order chi connectivity index (χ0) is 17.4. The Morgan fingerprint density at radius 1 is 1.08 bits per heavy atom. The third-order valence-corrected chi connectivity index (χ3v) is 3.62. The molecule has 2 aromatic rings. The lowest BCUT2D eigenvalue weighted by atomic mass is 10.1. The smallest absolute Gasteiger partial charge is 0.335 e. The lowest BCUT2D eigenvalue weighted by molar-refractivity contribution is 0.0634. The molecule has 1 atom stereocenters. The first-order valence-corrected chi connectivity index (χ1v) is 7.86. The first-order chi connectivity index (χ1) is 11.6. The molecule has 0 radical (unpaired) electrons. The van der Waals surface area contributed by atoms with E-state index >= 15 is 0 Å². The fraction of sp³-hybridized carbons (Fsp3) is 0.263. The van der Waals surface area contributed by atoms with Gasteiger partial charge >= 0.3 is 5.97 Å². The van der Waals surface area contributed by atoms with E-state index in [0.717, 1.165) is 5.56 Å². The minimum atomic E-state index is -1.05. The monoisotopic (exact) mass is 327 g/mol. The van der Waals surface area contributed by atoms with Crippen LogP contribution in [0.3, 0.4) is 0 Å². The maximum Gasteiger partial charge on any atom is 0.335 e. The largest absolute Gasteiger partial charge is 0.478 e. The molecule has 1 amide bonds. The highest BCUT2D eigenvalue weighted by molar-refractivity contribution is 5.97. The Morgan fingerprint density at radius 3 is 2.50 bits per heavy atom. The van der Waals surface area contributed by atoms with Gasteiger partial charge in [-0.3, -0.25) is 4.79 Å². The second-order valence-electron chi connectivity index (χ2n) is 5.42. The molecule has 0 saturated heterocycles. The van der Waals surface area contributed by atoms with Crippen LogP contribution in [0.1, 0.15) is 45.7 Å². The van der Waals surface area contributed by atoms with E-state index in [1.54, 1.807) is 12.1 Å². The Hall–Kier alpha value is -2.66. The number of nitrogens with one attached hydrogen (secondary N) is 1. The molecule has 24 heavy (non-hydrogen) atoms. The lowest BCUT2D eigenvalue weighted by Gasteiger charge is -2.13. The van der Waals surface area contributed by atoms with Crippen LogP contribution in [0, 0.1) is 0 Å². The summed E-state index contributed by atoms with van der Waals surface area (Å²) in [5, 5.41) is 11.7. The van der Waals surface area contributed by atoms with E-state index in [1.165, 1.54) is 12.1 Å². The summed E-state index contributed by atoms with van der Waals surface area (Å²) in [5.41, 5.74) is 1.56. The van der Waals surface area contributed by atoms with Crippen LogP contribution >= 0.6 is 0 Å². The van der Waals surface area contributed by atoms with Crippen molar-refractivity contribution in [3.8, 4) is 0 Å². The molecule has 0 heterocycles. The summed E-state index contributed by atoms with van der Waals surface area (Å²) in [7, 11) is 0. The van der Waals surface area contributed by atoms with E-state index in [4.69, 9.17) is 9.84 Å². The molecule has 2 aromatic carbocycles. The van der Waals surface area contributed by atoms with Gasteiger partial charge in [-0.25, -0.2) is 4.79 Å². The molecule has 0 fully saturated rings. The van der Waals surface area contributed by atoms with Gasteiger partial charge in [0.2, 0.25) is 0 Å². The van der Waals surface area contributed by atoms with Crippen LogP contribution in [0.5, 0.6) is 0 Å². The highest BCUT2D eigenvalue weighted by atomic mass is 16.5. The number of carboxylic acids is 1. The Labute approximate surface area is 141 Å². The summed E-state index contributed by atoms with van der Waals surface area (Å²) in [6.45, 7) is 2.99. The van der Waals surface area contributed by atoms with E-state index in [1.807, 2.05) is 37.3 Å². The Morgan fingerprint density at radius 2 is 1.79 bits per heavy atom. The zero-order valence-corrected chi connectivity index (χ0v) is 13.6. The molecule has 0 aromatic heterocycles. The molecule has 0 spiro atoms. The minimum Gasteiger partial charge on any atom is -0.478 e. The standard InChI is InChI=1S/C19H21NO4/c1-14(15-7-3-2-4-8-15)24-12-6-11-20-18(21)16-9-5-10-17(13-16)19(22)23/h2-5,7-10,13-14H,6,11-12H2,1H3,(H,20,21)(H,22,23). The van der Waals surface area contributed by atoms with Gasteiger partial charge in [0.15, 0.2) is 0 Å². The number of rotatable bonds is 8. The normalized spacial score (nSPS) is 11.7. The number of hydrogen-bond acceptors (Lipinski definition) is 3.